The standard InChI is InChI=1S/C22H31N3O3/c1-15(16-5-7-17(8-6-16)18-9-11-23-12-10-18)24-21(28)25-19(14-26)13-20(27)22(2,3)4/h5-12,15,19-20,26-27H,13-14H2,1-4H3,(H2,24,25,28). The molecule has 3 atom stereocenters. The molecule has 0 spiro atoms. The van der Waals surface area contributed by atoms with E-state index in [2.05, 4.69) is 15.6 Å². The van der Waals surface area contributed by atoms with Gasteiger partial charge >= 0.3 is 6.03 Å². The van der Waals surface area contributed by atoms with Gasteiger partial charge in [0, 0.05) is 12.4 Å². The van der Waals surface area contributed by atoms with Crippen molar-refractivity contribution >= 4 is 6.03 Å². The molecule has 0 bridgehead atoms. The topological polar surface area (TPSA) is 94.5 Å². The molecule has 3 unspecified atom stereocenters. The third-order valence-corrected chi connectivity index (χ3v) is 4.83. The molecular formula is C22H31N3O3. The summed E-state index contributed by atoms with van der Waals surface area (Å²) in [5, 5.41) is 25.3. The van der Waals surface area contributed by atoms with E-state index < -0.39 is 12.1 Å². The van der Waals surface area contributed by atoms with Crippen LogP contribution in [0.3, 0.4) is 0 Å². The Labute approximate surface area is 167 Å². The Balaban J connectivity index is 1.92. The van der Waals surface area contributed by atoms with Gasteiger partial charge in [0.25, 0.3) is 0 Å². The highest BCUT2D eigenvalue weighted by molar-refractivity contribution is 5.74. The molecule has 6 heteroatoms. The molecule has 2 aromatic rings. The van der Waals surface area contributed by atoms with Gasteiger partial charge in [-0.05, 0) is 47.6 Å². The number of nitrogens with zero attached hydrogens (tertiary/aromatic N) is 1. The molecule has 4 N–H and O–H groups in total. The minimum atomic E-state index is -0.622. The maximum atomic E-state index is 12.3. The summed E-state index contributed by atoms with van der Waals surface area (Å²) in [4.78, 5) is 16.3. The Bertz CT molecular complexity index is 742. The molecule has 28 heavy (non-hydrogen) atoms. The zero-order valence-electron chi connectivity index (χ0n) is 17.0. The molecule has 0 aliphatic rings. The van der Waals surface area contributed by atoms with Gasteiger partial charge in [-0.25, -0.2) is 4.79 Å². The van der Waals surface area contributed by atoms with Crippen molar-refractivity contribution in [3.05, 3.63) is 54.4 Å². The lowest BCUT2D eigenvalue weighted by Crippen LogP contribution is -2.47. The summed E-state index contributed by atoms with van der Waals surface area (Å²) in [6, 6.07) is 10.8. The molecule has 152 valence electrons. The molecule has 0 saturated carbocycles. The van der Waals surface area contributed by atoms with Crippen LogP contribution in [0.2, 0.25) is 0 Å². The molecule has 2 rings (SSSR count). The quantitative estimate of drug-likeness (QED) is 0.588. The average Bonchev–Trinajstić information content (AvgIpc) is 2.67. The van der Waals surface area contributed by atoms with E-state index in [4.69, 9.17) is 0 Å². The number of hydrogen-bond donors (Lipinski definition) is 4. The first kappa shape index (κ1) is 21.9. The van der Waals surface area contributed by atoms with Crippen LogP contribution in [0.4, 0.5) is 4.79 Å². The van der Waals surface area contributed by atoms with Crippen LogP contribution in [-0.2, 0) is 0 Å². The van der Waals surface area contributed by atoms with Gasteiger partial charge in [-0.1, -0.05) is 45.0 Å². The number of carbonyl (C=O) groups excluding carboxylic acids is 1. The molecule has 1 heterocycles. The third-order valence-electron chi connectivity index (χ3n) is 4.83. The van der Waals surface area contributed by atoms with Crippen molar-refractivity contribution in [3.63, 3.8) is 0 Å². The van der Waals surface area contributed by atoms with Crippen molar-refractivity contribution in [2.45, 2.75) is 52.3 Å². The number of urea groups is 1. The second kappa shape index (κ2) is 9.66. The van der Waals surface area contributed by atoms with Gasteiger partial charge in [0.15, 0.2) is 0 Å². The van der Waals surface area contributed by atoms with Crippen molar-refractivity contribution in [1.82, 2.24) is 15.6 Å². The largest absolute Gasteiger partial charge is 0.394 e. The maximum Gasteiger partial charge on any atom is 0.315 e. The van der Waals surface area contributed by atoms with E-state index in [1.165, 1.54) is 0 Å². The van der Waals surface area contributed by atoms with Gasteiger partial charge in [0.05, 0.1) is 24.8 Å². The maximum absolute atomic E-state index is 12.3. The number of pyridine rings is 1. The normalized spacial score (nSPS) is 14.8. The van der Waals surface area contributed by atoms with Gasteiger partial charge in [-0.2, -0.15) is 0 Å². The number of benzene rings is 1. The summed E-state index contributed by atoms with van der Waals surface area (Å²) in [6.45, 7) is 7.44. The lowest BCUT2D eigenvalue weighted by molar-refractivity contribution is 0.0405. The van der Waals surface area contributed by atoms with Gasteiger partial charge in [-0.15, -0.1) is 0 Å². The van der Waals surface area contributed by atoms with Crippen molar-refractivity contribution in [1.29, 1.82) is 0 Å². The molecule has 0 aliphatic heterocycles. The van der Waals surface area contributed by atoms with Crippen LogP contribution in [0.5, 0.6) is 0 Å². The van der Waals surface area contributed by atoms with Gasteiger partial charge < -0.3 is 20.8 Å². The summed E-state index contributed by atoms with van der Waals surface area (Å²) >= 11 is 0. The summed E-state index contributed by atoms with van der Waals surface area (Å²) < 4.78 is 0. The van der Waals surface area contributed by atoms with E-state index in [1.807, 2.05) is 64.1 Å². The Morgan fingerprint density at radius 2 is 1.61 bits per heavy atom. The number of hydrogen-bond acceptors (Lipinski definition) is 4. The summed E-state index contributed by atoms with van der Waals surface area (Å²) in [5.41, 5.74) is 2.83. The highest BCUT2D eigenvalue weighted by atomic mass is 16.3. The molecule has 0 saturated heterocycles. The number of aliphatic hydroxyl groups is 2. The number of amides is 2. The molecule has 2 amide bonds. The first-order valence-corrected chi connectivity index (χ1v) is 9.57. The highest BCUT2D eigenvalue weighted by Crippen LogP contribution is 2.23. The molecule has 6 nitrogen and oxygen atoms in total. The highest BCUT2D eigenvalue weighted by Gasteiger charge is 2.26. The Morgan fingerprint density at radius 3 is 2.14 bits per heavy atom. The van der Waals surface area contributed by atoms with Crippen LogP contribution >= 0.6 is 0 Å². The van der Waals surface area contributed by atoms with Crippen LogP contribution in [0.15, 0.2) is 48.8 Å². The predicted octanol–water partition coefficient (Wildman–Crippen LogP) is 3.27. The zero-order valence-corrected chi connectivity index (χ0v) is 17.0. The SMILES string of the molecule is CC(NC(=O)NC(CO)CC(O)C(C)(C)C)c1ccc(-c2ccncc2)cc1. The summed E-state index contributed by atoms with van der Waals surface area (Å²) in [6.07, 6.45) is 3.18. The van der Waals surface area contributed by atoms with Crippen molar-refractivity contribution in [3.8, 4) is 11.1 Å². The van der Waals surface area contributed by atoms with E-state index in [0.717, 1.165) is 16.7 Å². The minimum absolute atomic E-state index is 0.196. The molecular weight excluding hydrogens is 354 g/mol. The van der Waals surface area contributed by atoms with Crippen molar-refractivity contribution in [2.24, 2.45) is 5.41 Å². The monoisotopic (exact) mass is 385 g/mol. The smallest absolute Gasteiger partial charge is 0.315 e. The lowest BCUT2D eigenvalue weighted by Gasteiger charge is -2.29. The molecule has 0 aliphatic carbocycles. The Morgan fingerprint density at radius 1 is 1.04 bits per heavy atom. The average molecular weight is 386 g/mol. The first-order chi connectivity index (χ1) is 13.2. The second-order valence-corrected chi connectivity index (χ2v) is 8.19. The van der Waals surface area contributed by atoms with Crippen LogP contribution in [0.25, 0.3) is 11.1 Å². The second-order valence-electron chi connectivity index (χ2n) is 8.19. The predicted molar refractivity (Wildman–Crippen MR) is 111 cm³/mol. The van der Waals surface area contributed by atoms with E-state index in [9.17, 15) is 15.0 Å². The van der Waals surface area contributed by atoms with E-state index >= 15 is 0 Å². The summed E-state index contributed by atoms with van der Waals surface area (Å²) in [5.74, 6) is 0. The van der Waals surface area contributed by atoms with Crippen molar-refractivity contribution in [2.75, 3.05) is 6.61 Å². The molecule has 0 fully saturated rings. The molecule has 1 aromatic carbocycles. The van der Waals surface area contributed by atoms with E-state index in [1.54, 1.807) is 12.4 Å². The van der Waals surface area contributed by atoms with Crippen LogP contribution < -0.4 is 10.6 Å². The van der Waals surface area contributed by atoms with Crippen LogP contribution in [0.1, 0.15) is 45.7 Å². The number of rotatable bonds is 7. The fourth-order valence-corrected chi connectivity index (χ4v) is 2.82. The lowest BCUT2D eigenvalue weighted by atomic mass is 9.85. The number of nitrogens with one attached hydrogen (secondary N) is 2. The van der Waals surface area contributed by atoms with Gasteiger partial charge in [-0.3, -0.25) is 4.98 Å². The minimum Gasteiger partial charge on any atom is -0.394 e. The summed E-state index contributed by atoms with van der Waals surface area (Å²) in [7, 11) is 0. The van der Waals surface area contributed by atoms with E-state index in [0.29, 0.717) is 6.42 Å². The van der Waals surface area contributed by atoms with E-state index in [-0.39, 0.29) is 24.1 Å². The van der Waals surface area contributed by atoms with Crippen LogP contribution in [0, 0.1) is 5.41 Å². The fourth-order valence-electron chi connectivity index (χ4n) is 2.82. The Kier molecular flexibility index (Phi) is 7.54. The molecule has 0 radical (unpaired) electrons. The molecule has 1 aromatic heterocycles. The number of aliphatic hydroxyl groups excluding tert-OH is 2. The van der Waals surface area contributed by atoms with Crippen molar-refractivity contribution < 1.29 is 15.0 Å². The Hall–Kier alpha value is -2.44. The fraction of sp³-hybridized carbons (Fsp3) is 0.455. The van der Waals surface area contributed by atoms with Crippen LogP contribution in [-0.4, -0.2) is 40.0 Å². The first-order valence-electron chi connectivity index (χ1n) is 9.57. The number of aromatic nitrogens is 1. The van der Waals surface area contributed by atoms with Gasteiger partial charge in [0.1, 0.15) is 0 Å². The van der Waals surface area contributed by atoms with Gasteiger partial charge in [0.2, 0.25) is 0 Å². The zero-order chi connectivity index (χ0) is 20.7. The number of carbonyl (C=O) groups is 1. The third kappa shape index (κ3) is 6.32.